The van der Waals surface area contributed by atoms with E-state index in [1.54, 1.807) is 37.4 Å². The van der Waals surface area contributed by atoms with Crippen LogP contribution in [-0.4, -0.2) is 57.7 Å². The quantitative estimate of drug-likeness (QED) is 0.199. The van der Waals surface area contributed by atoms with E-state index in [0.717, 1.165) is 21.3 Å². The van der Waals surface area contributed by atoms with Crippen LogP contribution in [0, 0.1) is 0 Å². The molecule has 0 aliphatic carbocycles. The van der Waals surface area contributed by atoms with Gasteiger partial charge < -0.3 is 29.7 Å². The molecule has 1 saturated heterocycles. The standard InChI is InChI=1S/C36H33N3O7/c1-44-28-19-11-18-27(22-28)36(25-14-7-3-8-15-25,26-16-9-4-10-17-26)45-23-29-31(40)32(41)34(46-29)39-21-20-30(38-35(39)43)37-33(42)24-12-5-2-6-13-24/h2-22,29,31-32,34,40-41H,23H2,1H3,(H,37,38,42,43)/t29-,31-,32-,34-/m1/s1. The number of ether oxygens (including phenoxy) is 3. The summed E-state index contributed by atoms with van der Waals surface area (Å²) in [5.74, 6) is 0.253. The van der Waals surface area contributed by atoms with E-state index in [0.29, 0.717) is 11.3 Å². The van der Waals surface area contributed by atoms with E-state index >= 15 is 0 Å². The summed E-state index contributed by atoms with van der Waals surface area (Å²) < 4.78 is 19.5. The molecule has 0 bridgehead atoms. The molecule has 10 nitrogen and oxygen atoms in total. The van der Waals surface area contributed by atoms with Gasteiger partial charge in [0.2, 0.25) is 0 Å². The lowest BCUT2D eigenvalue weighted by Crippen LogP contribution is -2.39. The maximum Gasteiger partial charge on any atom is 0.351 e. The average Bonchev–Trinajstić information content (AvgIpc) is 3.38. The van der Waals surface area contributed by atoms with Gasteiger partial charge in [0.25, 0.3) is 5.91 Å². The normalized spacial score (nSPS) is 19.5. The highest BCUT2D eigenvalue weighted by Gasteiger charge is 2.46. The number of anilines is 1. The molecule has 6 rings (SSSR count). The van der Waals surface area contributed by atoms with Crippen LogP contribution in [0.5, 0.6) is 5.75 Å². The van der Waals surface area contributed by atoms with Crippen LogP contribution in [0.2, 0.25) is 0 Å². The Bertz CT molecular complexity index is 1790. The fraction of sp³-hybridized carbons (Fsp3) is 0.194. The molecule has 5 aromatic rings. The molecule has 4 atom stereocenters. The fourth-order valence-electron chi connectivity index (χ4n) is 5.70. The number of rotatable bonds is 10. The van der Waals surface area contributed by atoms with Crippen LogP contribution < -0.4 is 15.7 Å². The summed E-state index contributed by atoms with van der Waals surface area (Å²) in [6.07, 6.45) is -3.75. The van der Waals surface area contributed by atoms with Crippen LogP contribution in [0.15, 0.2) is 132 Å². The number of hydrogen-bond acceptors (Lipinski definition) is 8. The highest BCUT2D eigenvalue weighted by molar-refractivity contribution is 6.03. The zero-order chi connectivity index (χ0) is 32.1. The van der Waals surface area contributed by atoms with Gasteiger partial charge in [-0.05, 0) is 47.0 Å². The lowest BCUT2D eigenvalue weighted by atomic mass is 9.80. The van der Waals surface area contributed by atoms with E-state index < -0.39 is 41.7 Å². The molecule has 0 saturated carbocycles. The number of aliphatic hydroxyl groups excluding tert-OH is 2. The maximum atomic E-state index is 13.0. The maximum absolute atomic E-state index is 13.0. The molecule has 234 valence electrons. The Labute approximate surface area is 265 Å². The Morgan fingerprint density at radius 2 is 1.46 bits per heavy atom. The summed E-state index contributed by atoms with van der Waals surface area (Å²) in [6.45, 7) is -0.150. The predicted octanol–water partition coefficient (Wildman–Crippen LogP) is 4.13. The topological polar surface area (TPSA) is 132 Å². The fourth-order valence-corrected chi connectivity index (χ4v) is 5.70. The van der Waals surface area contributed by atoms with Crippen molar-refractivity contribution in [2.24, 2.45) is 0 Å². The van der Waals surface area contributed by atoms with Crippen molar-refractivity contribution in [3.8, 4) is 5.75 Å². The number of nitrogens with zero attached hydrogens (tertiary/aromatic N) is 2. The second-order valence-corrected chi connectivity index (χ2v) is 10.8. The van der Waals surface area contributed by atoms with E-state index in [1.165, 1.54) is 12.3 Å². The number of carbonyl (C=O) groups is 1. The van der Waals surface area contributed by atoms with Gasteiger partial charge in [-0.15, -0.1) is 0 Å². The van der Waals surface area contributed by atoms with Crippen molar-refractivity contribution < 1.29 is 29.2 Å². The summed E-state index contributed by atoms with van der Waals surface area (Å²) in [4.78, 5) is 29.5. The summed E-state index contributed by atoms with van der Waals surface area (Å²) in [5.41, 5.74) is 0.913. The number of aromatic nitrogens is 2. The summed E-state index contributed by atoms with van der Waals surface area (Å²) in [6, 6.07) is 36.9. The molecule has 46 heavy (non-hydrogen) atoms. The first kappa shape index (κ1) is 30.9. The minimum Gasteiger partial charge on any atom is -0.497 e. The number of amides is 1. The van der Waals surface area contributed by atoms with E-state index in [1.807, 2.05) is 84.9 Å². The Morgan fingerprint density at radius 3 is 2.07 bits per heavy atom. The number of carbonyl (C=O) groups excluding carboxylic acids is 1. The molecule has 2 heterocycles. The number of benzene rings is 4. The van der Waals surface area contributed by atoms with Crippen molar-refractivity contribution >= 4 is 11.7 Å². The summed E-state index contributed by atoms with van der Waals surface area (Å²) in [5, 5.41) is 24.7. The number of hydrogen-bond donors (Lipinski definition) is 3. The highest BCUT2D eigenvalue weighted by atomic mass is 16.6. The second-order valence-electron chi connectivity index (χ2n) is 10.8. The first-order valence-corrected chi connectivity index (χ1v) is 14.8. The molecule has 1 aliphatic heterocycles. The van der Waals surface area contributed by atoms with Crippen molar-refractivity contribution in [3.05, 3.63) is 160 Å². The molecule has 0 radical (unpaired) electrons. The van der Waals surface area contributed by atoms with Crippen molar-refractivity contribution in [1.29, 1.82) is 0 Å². The Morgan fingerprint density at radius 1 is 0.848 bits per heavy atom. The van der Waals surface area contributed by atoms with Crippen LogP contribution in [0.3, 0.4) is 0 Å². The average molecular weight is 620 g/mol. The van der Waals surface area contributed by atoms with Crippen LogP contribution in [0.1, 0.15) is 33.3 Å². The summed E-state index contributed by atoms with van der Waals surface area (Å²) in [7, 11) is 1.59. The van der Waals surface area contributed by atoms with Gasteiger partial charge in [-0.2, -0.15) is 4.98 Å². The van der Waals surface area contributed by atoms with Gasteiger partial charge >= 0.3 is 5.69 Å². The van der Waals surface area contributed by atoms with E-state index in [4.69, 9.17) is 14.2 Å². The van der Waals surface area contributed by atoms with Gasteiger partial charge in [-0.1, -0.05) is 91.0 Å². The van der Waals surface area contributed by atoms with Crippen molar-refractivity contribution in [3.63, 3.8) is 0 Å². The molecule has 1 fully saturated rings. The van der Waals surface area contributed by atoms with E-state index in [2.05, 4.69) is 10.3 Å². The van der Waals surface area contributed by atoms with Crippen LogP contribution in [0.25, 0.3) is 0 Å². The molecule has 4 aromatic carbocycles. The third-order valence-electron chi connectivity index (χ3n) is 8.02. The number of methoxy groups -OCH3 is 1. The minimum atomic E-state index is -1.46. The number of nitrogens with one attached hydrogen (secondary N) is 1. The highest BCUT2D eigenvalue weighted by Crippen LogP contribution is 2.42. The molecule has 0 unspecified atom stereocenters. The first-order valence-electron chi connectivity index (χ1n) is 14.8. The van der Waals surface area contributed by atoms with Gasteiger partial charge in [-0.25, -0.2) is 4.79 Å². The summed E-state index contributed by atoms with van der Waals surface area (Å²) >= 11 is 0. The van der Waals surface area contributed by atoms with E-state index in [9.17, 15) is 19.8 Å². The van der Waals surface area contributed by atoms with E-state index in [-0.39, 0.29) is 12.4 Å². The first-order chi connectivity index (χ1) is 22.4. The van der Waals surface area contributed by atoms with Gasteiger partial charge in [0, 0.05) is 11.8 Å². The smallest absolute Gasteiger partial charge is 0.351 e. The number of aliphatic hydroxyl groups is 2. The lowest BCUT2D eigenvalue weighted by Gasteiger charge is -2.37. The molecular weight excluding hydrogens is 586 g/mol. The SMILES string of the molecule is COc1cccc(C(OC[C@H]2O[C@@H](n3ccc(NC(=O)c4ccccc4)nc3=O)[C@H](O)[C@@H]2O)(c2ccccc2)c2ccccc2)c1. The molecule has 3 N–H and O–H groups in total. The third-order valence-corrected chi connectivity index (χ3v) is 8.02. The predicted molar refractivity (Wildman–Crippen MR) is 171 cm³/mol. The van der Waals surface area contributed by atoms with Crippen molar-refractivity contribution in [2.45, 2.75) is 30.1 Å². The van der Waals surface area contributed by atoms with Gasteiger partial charge in [0.05, 0.1) is 13.7 Å². The van der Waals surface area contributed by atoms with Gasteiger partial charge in [0.15, 0.2) is 6.23 Å². The Kier molecular flexibility index (Phi) is 9.04. The van der Waals surface area contributed by atoms with Crippen molar-refractivity contribution in [2.75, 3.05) is 19.0 Å². The van der Waals surface area contributed by atoms with Gasteiger partial charge in [-0.3, -0.25) is 9.36 Å². The Balaban J connectivity index is 1.28. The molecule has 10 heteroatoms. The molecule has 1 amide bonds. The minimum absolute atomic E-state index is 0.0387. The van der Waals surface area contributed by atoms with Crippen LogP contribution in [0.4, 0.5) is 5.82 Å². The van der Waals surface area contributed by atoms with Crippen LogP contribution >= 0.6 is 0 Å². The second kappa shape index (κ2) is 13.5. The molecule has 1 aromatic heterocycles. The lowest BCUT2D eigenvalue weighted by molar-refractivity contribution is -0.0958. The monoisotopic (exact) mass is 619 g/mol. The molecule has 1 aliphatic rings. The molecule has 0 spiro atoms. The third kappa shape index (κ3) is 6.07. The largest absolute Gasteiger partial charge is 0.497 e. The molecular formula is C36H33N3O7. The Hall–Kier alpha value is -5.13. The van der Waals surface area contributed by atoms with Crippen LogP contribution in [-0.2, 0) is 15.1 Å². The zero-order valence-corrected chi connectivity index (χ0v) is 25.0. The van der Waals surface area contributed by atoms with Crippen molar-refractivity contribution in [1.82, 2.24) is 9.55 Å². The zero-order valence-electron chi connectivity index (χ0n) is 25.0. The van der Waals surface area contributed by atoms with Gasteiger partial charge in [0.1, 0.15) is 35.5 Å².